The van der Waals surface area contributed by atoms with Gasteiger partial charge in [0.1, 0.15) is 95.7 Å². The fourth-order valence-electron chi connectivity index (χ4n) is 15.4. The second-order valence-electron chi connectivity index (χ2n) is 34.7. The summed E-state index contributed by atoms with van der Waals surface area (Å²) < 4.78 is 217. The average Bonchev–Trinajstić information content (AvgIpc) is 1.69. The topological polar surface area (TPSA) is 379 Å². The molecule has 1 aliphatic carbocycles. The molecule has 0 radical (unpaired) electrons. The summed E-state index contributed by atoms with van der Waals surface area (Å²) in [5.41, 5.74) is 5.02. The van der Waals surface area contributed by atoms with Gasteiger partial charge in [-0.15, -0.1) is 39.5 Å². The molecule has 0 saturated heterocycles. The summed E-state index contributed by atoms with van der Waals surface area (Å²) in [6.07, 6.45) is -3.06. The third kappa shape index (κ3) is 31.9. The van der Waals surface area contributed by atoms with E-state index in [0.29, 0.717) is 102 Å². The Morgan fingerprint density at radius 1 is 0.395 bits per heavy atom. The van der Waals surface area contributed by atoms with Gasteiger partial charge in [0.25, 0.3) is 11.8 Å². The summed E-state index contributed by atoms with van der Waals surface area (Å²) in [6, 6.07) is 31.3. The van der Waals surface area contributed by atoms with Crippen LogP contribution in [0.5, 0.6) is 51.7 Å². The number of esters is 2. The van der Waals surface area contributed by atoms with Crippen LogP contribution in [0.3, 0.4) is 0 Å². The number of hydrogen-bond donors (Lipinski definition) is 5. The van der Waals surface area contributed by atoms with Gasteiger partial charge >= 0.3 is 43.0 Å². The fraction of sp³-hybridized carbons (Fsp3) is 0.333. The average molecular weight is 2120 g/mol. The number of carboxylic acids is 2. The Labute approximate surface area is 847 Å². The quantitative estimate of drug-likeness (QED) is 0.0138. The van der Waals surface area contributed by atoms with Crippen molar-refractivity contribution in [3.8, 4) is 68.8 Å². The lowest BCUT2D eigenvalue weighted by Gasteiger charge is -2.28. The molecule has 9 aromatic carbocycles. The first-order chi connectivity index (χ1) is 69.5. The number of aromatic nitrogens is 9. The Balaban J connectivity index is 0.000000184. The molecule has 3 unspecified atom stereocenters. The number of anilines is 5. The van der Waals surface area contributed by atoms with Crippen LogP contribution in [0, 0.1) is 17.5 Å². The van der Waals surface area contributed by atoms with E-state index in [-0.39, 0.29) is 117 Å². The van der Waals surface area contributed by atoms with Crippen LogP contribution in [0.25, 0.3) is 17.1 Å². The van der Waals surface area contributed by atoms with E-state index in [0.717, 1.165) is 60.4 Å². The molecule has 33 nitrogen and oxygen atoms in total. The molecule has 2 amide bonds. The number of ether oxygens (including phenoxy) is 11. The lowest BCUT2D eigenvalue weighted by molar-refractivity contribution is -0.276. The summed E-state index contributed by atoms with van der Waals surface area (Å²) in [7, 11) is 4.44. The van der Waals surface area contributed by atoms with Gasteiger partial charge in [0.15, 0.2) is 40.7 Å². The van der Waals surface area contributed by atoms with Crippen molar-refractivity contribution in [1.82, 2.24) is 44.3 Å². The van der Waals surface area contributed by atoms with Crippen LogP contribution in [0.2, 0.25) is 15.1 Å². The molecule has 147 heavy (non-hydrogen) atoms. The van der Waals surface area contributed by atoms with Gasteiger partial charge < -0.3 is 88.1 Å². The third-order valence-electron chi connectivity index (χ3n) is 21.6. The van der Waals surface area contributed by atoms with Gasteiger partial charge in [-0.05, 0) is 194 Å². The molecule has 12 aromatic rings. The number of hydrogen-bond acceptors (Lipinski definition) is 26. The molecule has 3 atom stereocenters. The smallest absolute Gasteiger partial charge is 0.497 e. The van der Waals surface area contributed by atoms with Crippen LogP contribution in [0.15, 0.2) is 184 Å². The van der Waals surface area contributed by atoms with E-state index >= 15 is 0 Å². The number of fused-ring (bicyclic) bond motifs is 3. The molecule has 5 heterocycles. The summed E-state index contributed by atoms with van der Waals surface area (Å²) in [5.74, 6) is -8.33. The Kier molecular flexibility index (Phi) is 36.6. The molecule has 3 aromatic heterocycles. The van der Waals surface area contributed by atoms with Gasteiger partial charge in [0.05, 0.1) is 69.6 Å². The van der Waals surface area contributed by atoms with Gasteiger partial charge in [-0.2, -0.15) is 15.3 Å². The molecule has 0 spiro atoms. The lowest BCUT2D eigenvalue weighted by atomic mass is 10.0. The van der Waals surface area contributed by atoms with Gasteiger partial charge in [-0.1, -0.05) is 53.0 Å². The van der Waals surface area contributed by atoms with Crippen molar-refractivity contribution in [1.29, 1.82) is 0 Å². The number of aryl methyl sites for hydroxylation is 2. The monoisotopic (exact) mass is 2120 g/mol. The van der Waals surface area contributed by atoms with Crippen LogP contribution < -0.4 is 68.4 Å². The van der Waals surface area contributed by atoms with E-state index in [4.69, 9.17) is 77.8 Å². The zero-order valence-corrected chi connectivity index (χ0v) is 82.1. The van der Waals surface area contributed by atoms with Crippen molar-refractivity contribution in [2.45, 2.75) is 161 Å². The highest BCUT2D eigenvalue weighted by Gasteiger charge is 2.41. The first kappa shape index (κ1) is 111. The number of carbonyl (C=O) groups is 6. The molecular formula is C99H97Cl3F12N14O19. The molecule has 0 saturated carbocycles. The maximum atomic E-state index is 14.6. The number of methoxy groups -OCH3 is 3. The van der Waals surface area contributed by atoms with E-state index in [1.165, 1.54) is 101 Å². The second-order valence-corrected chi connectivity index (χ2v) is 36.0. The maximum Gasteiger partial charge on any atom is 0.573 e. The number of carbonyl (C=O) groups excluding carboxylic acids is 4. The predicted molar refractivity (Wildman–Crippen MR) is 512 cm³/mol. The highest BCUT2D eigenvalue weighted by atomic mass is 35.5. The maximum absolute atomic E-state index is 14.6. The van der Waals surface area contributed by atoms with Crippen LogP contribution in [0.4, 0.5) is 81.1 Å². The first-order valence-corrected chi connectivity index (χ1v) is 46.1. The summed E-state index contributed by atoms with van der Waals surface area (Å²) >= 11 is 18.8. The molecule has 48 heteroatoms. The molecule has 782 valence electrons. The molecule has 2 aliphatic heterocycles. The molecule has 0 bridgehead atoms. The predicted octanol–water partition coefficient (Wildman–Crippen LogP) is 21.0. The van der Waals surface area contributed by atoms with E-state index in [2.05, 4.69) is 60.4 Å². The van der Waals surface area contributed by atoms with Crippen molar-refractivity contribution in [2.24, 2.45) is 0 Å². The van der Waals surface area contributed by atoms with Gasteiger partial charge in [-0.3, -0.25) is 24.0 Å². The van der Waals surface area contributed by atoms with Gasteiger partial charge in [0, 0.05) is 130 Å². The second kappa shape index (κ2) is 48.7. The minimum absolute atomic E-state index is 0.0138. The summed E-state index contributed by atoms with van der Waals surface area (Å²) in [6.45, 7) is 11.0. The van der Waals surface area contributed by atoms with E-state index in [9.17, 15) is 86.6 Å². The summed E-state index contributed by atoms with van der Waals surface area (Å²) in [4.78, 5) is 90.8. The number of halogens is 15. The normalized spacial score (nSPS) is 13.2. The van der Waals surface area contributed by atoms with Crippen LogP contribution >= 0.6 is 34.8 Å². The SMILES string of the molecule is COc1cc(NC(C(=O)N2CCc3cc(F)c(OC(F)(F)F)cc32)c2ccc(Cl)cc2OCCCC(=O)O)cc(-n2cncn2)c1.COc1cc(NC(C(=O)N2CCc3cc(F)c(OC(F)(F)F)cc32)c2ccc(Cl)cc2OCCCC(=O)OC(C)(C)C)cc(-n2cncn2)c1.COc1cc(NC(C(=O)O)c2ccc(Cl)cc2OCCCC(=O)OC(C)(C)C)cc(-n2cncn2)c1.Fc1cc2c(cc1OC(F)(F)F)CCC2. The molecular weight excluding hydrogens is 2020 g/mol. The third-order valence-corrected chi connectivity index (χ3v) is 22.3. The number of alkyl halides is 9. The largest absolute Gasteiger partial charge is 0.573 e. The van der Waals surface area contributed by atoms with Crippen molar-refractivity contribution in [2.75, 3.05) is 80.0 Å². The highest BCUT2D eigenvalue weighted by molar-refractivity contribution is 6.31. The number of carboxylic acid groups (broad SMARTS) is 2. The number of amides is 2. The van der Waals surface area contributed by atoms with Crippen molar-refractivity contribution in [3.05, 3.63) is 255 Å². The van der Waals surface area contributed by atoms with E-state index in [1.807, 2.05) is 0 Å². The Morgan fingerprint density at radius 2 is 0.714 bits per heavy atom. The Hall–Kier alpha value is -15.2. The Bertz CT molecular complexity index is 6640. The van der Waals surface area contributed by atoms with Crippen LogP contribution in [-0.4, -0.2) is 175 Å². The van der Waals surface area contributed by atoms with Crippen LogP contribution in [-0.2, 0) is 63.9 Å². The number of nitrogens with zero attached hydrogens (tertiary/aromatic N) is 11. The highest BCUT2D eigenvalue weighted by Crippen LogP contribution is 2.45. The molecule has 15 rings (SSSR count). The van der Waals surface area contributed by atoms with Gasteiger partial charge in [0.2, 0.25) is 0 Å². The van der Waals surface area contributed by atoms with Crippen molar-refractivity contribution < 1.29 is 144 Å². The minimum Gasteiger partial charge on any atom is -0.497 e. The number of aliphatic carboxylic acids is 2. The Morgan fingerprint density at radius 3 is 1.03 bits per heavy atom. The van der Waals surface area contributed by atoms with Gasteiger partial charge in [-0.25, -0.2) is 47.0 Å². The number of benzene rings is 9. The standard InChI is InChI=1S/C34H34ClF4N5O6.C30H26ClF4N5O6.C25H29ClN4O6.C10H8F4O/c1-33(2,3)50-30(45)6-5-11-48-28-13-21(35)7-8-25(28)31(42-22-14-23(16-24(15-22)47-4)44-19-40-18-41-44)32(46)43-10-9-20-12-26(36)29(17-27(20)43)49-34(37,38)39;1-44-21-12-19(11-20(13-21)40-16-36-15-37-40)38-28(22-5-4-18(31)10-25(22)45-8-2-3-27(41)42)29(43)39-7-6-17-9-23(32)26(14-24(17)39)46-30(33,34)35;1-25(2,3)36-22(31)6-5-9-35-21-10-16(26)7-8-20(21)23(24(32)33)29-17-11-18(13-19(12-17)34-4)30-15-27-14-28-30;11-8-4-6-2-1-3-7(6)5-9(8)15-10(12,13)14/h7-8,12-19,31,42H,5-6,9-11H2,1-4H3;4-5,9-16,28,38H,2-3,6-8H2,1H3,(H,41,42);7-8,10-15,23,29H,5-6,9H2,1-4H3,(H,32,33);4-5H,1-3H2. The number of nitrogens with one attached hydrogen (secondary N) is 3. The zero-order chi connectivity index (χ0) is 107. The number of rotatable bonds is 36. The zero-order valence-electron chi connectivity index (χ0n) is 79.8. The molecule has 3 aliphatic rings. The first-order valence-electron chi connectivity index (χ1n) is 45.0. The summed E-state index contributed by atoms with van der Waals surface area (Å²) in [5, 5.41) is 41.8. The lowest BCUT2D eigenvalue weighted by Crippen LogP contribution is -2.37. The van der Waals surface area contributed by atoms with E-state index in [1.54, 1.807) is 133 Å². The van der Waals surface area contributed by atoms with E-state index < -0.39 is 113 Å². The van der Waals surface area contributed by atoms with Crippen LogP contribution in [0.1, 0.15) is 144 Å². The fourth-order valence-corrected chi connectivity index (χ4v) is 15.9. The minimum atomic E-state index is -5.16. The van der Waals surface area contributed by atoms with Crippen molar-refractivity contribution in [3.63, 3.8) is 0 Å². The molecule has 0 fully saturated rings. The van der Waals surface area contributed by atoms with Crippen molar-refractivity contribution >= 4 is 98.9 Å². The molecule has 5 N–H and O–H groups in total.